The van der Waals surface area contributed by atoms with Crippen molar-refractivity contribution in [3.05, 3.63) is 28.2 Å². The van der Waals surface area contributed by atoms with E-state index in [4.69, 9.17) is 0 Å². The van der Waals surface area contributed by atoms with E-state index >= 15 is 0 Å². The molecule has 0 atom stereocenters. The Hall–Kier alpha value is -1.21. The van der Waals surface area contributed by atoms with Crippen molar-refractivity contribution in [2.75, 3.05) is 32.7 Å². The zero-order chi connectivity index (χ0) is 15.4. The molecule has 1 amide bonds. The lowest BCUT2D eigenvalue weighted by Gasteiger charge is -2.34. The maximum Gasteiger partial charge on any atom is 0.387 e. The Balaban J connectivity index is 2.15. The minimum atomic E-state index is -2.96. The number of hydrogen-bond acceptors (Lipinski definition) is 3. The van der Waals surface area contributed by atoms with Crippen molar-refractivity contribution in [2.24, 2.45) is 0 Å². The van der Waals surface area contributed by atoms with E-state index in [0.29, 0.717) is 17.6 Å². The van der Waals surface area contributed by atoms with Crippen LogP contribution in [0.1, 0.15) is 17.3 Å². The van der Waals surface area contributed by atoms with Gasteiger partial charge in [-0.25, -0.2) is 0 Å². The van der Waals surface area contributed by atoms with Gasteiger partial charge in [0.1, 0.15) is 5.75 Å². The predicted octanol–water partition coefficient (Wildman–Crippen LogP) is 2.83. The van der Waals surface area contributed by atoms with E-state index in [1.54, 1.807) is 11.0 Å². The smallest absolute Gasteiger partial charge is 0.387 e. The lowest BCUT2D eigenvalue weighted by atomic mass is 10.1. The van der Waals surface area contributed by atoms with Crippen molar-refractivity contribution in [3.8, 4) is 5.75 Å². The van der Waals surface area contributed by atoms with Crippen LogP contribution in [0.2, 0.25) is 0 Å². The second-order valence-electron chi connectivity index (χ2n) is 4.75. The van der Waals surface area contributed by atoms with Crippen LogP contribution in [-0.4, -0.2) is 55.0 Å². The molecule has 1 fully saturated rings. The van der Waals surface area contributed by atoms with Crippen molar-refractivity contribution in [1.29, 1.82) is 0 Å². The number of carbonyl (C=O) groups is 1. The molecule has 1 heterocycles. The SMILES string of the molecule is CCN1CCN(C(=O)c2ccc(Br)cc2OC(F)F)CC1. The number of hydrogen-bond donors (Lipinski definition) is 0. The Kier molecular flexibility index (Phi) is 5.52. The monoisotopic (exact) mass is 362 g/mol. The van der Waals surface area contributed by atoms with Gasteiger partial charge in [0, 0.05) is 30.7 Å². The fraction of sp³-hybridized carbons (Fsp3) is 0.500. The number of likely N-dealkylation sites (N-methyl/N-ethyl adjacent to an activating group) is 1. The average Bonchev–Trinajstić information content (AvgIpc) is 2.46. The Morgan fingerprint density at radius 3 is 2.57 bits per heavy atom. The summed E-state index contributed by atoms with van der Waals surface area (Å²) in [5.41, 5.74) is 0.170. The highest BCUT2D eigenvalue weighted by Crippen LogP contribution is 2.27. The molecule has 0 saturated carbocycles. The Morgan fingerprint density at radius 1 is 1.33 bits per heavy atom. The summed E-state index contributed by atoms with van der Waals surface area (Å²) in [4.78, 5) is 16.4. The third kappa shape index (κ3) is 4.14. The normalized spacial score (nSPS) is 16.3. The summed E-state index contributed by atoms with van der Waals surface area (Å²) in [6.45, 7) is 2.84. The van der Waals surface area contributed by atoms with Crippen molar-refractivity contribution in [2.45, 2.75) is 13.5 Å². The van der Waals surface area contributed by atoms with Gasteiger partial charge in [0.2, 0.25) is 0 Å². The number of halogens is 3. The van der Waals surface area contributed by atoms with E-state index in [-0.39, 0.29) is 17.2 Å². The van der Waals surface area contributed by atoms with E-state index in [1.165, 1.54) is 12.1 Å². The number of benzene rings is 1. The largest absolute Gasteiger partial charge is 0.434 e. The molecule has 116 valence electrons. The number of alkyl halides is 2. The molecule has 1 saturated heterocycles. The van der Waals surface area contributed by atoms with E-state index in [1.807, 2.05) is 0 Å². The van der Waals surface area contributed by atoms with Crippen molar-refractivity contribution >= 4 is 21.8 Å². The van der Waals surface area contributed by atoms with Crippen LogP contribution in [0.25, 0.3) is 0 Å². The molecule has 21 heavy (non-hydrogen) atoms. The van der Waals surface area contributed by atoms with Crippen LogP contribution in [0.4, 0.5) is 8.78 Å². The third-order valence-corrected chi connectivity index (χ3v) is 3.99. The first-order valence-electron chi connectivity index (χ1n) is 6.77. The molecule has 2 rings (SSSR count). The van der Waals surface area contributed by atoms with Crippen LogP contribution < -0.4 is 4.74 Å². The standard InChI is InChI=1S/C14H17BrF2N2O2/c1-2-18-5-7-19(8-6-18)13(20)11-4-3-10(15)9-12(11)21-14(16)17/h3-4,9,14H,2,5-8H2,1H3. The third-order valence-electron chi connectivity index (χ3n) is 3.50. The van der Waals surface area contributed by atoms with Crippen molar-refractivity contribution < 1.29 is 18.3 Å². The second kappa shape index (κ2) is 7.17. The van der Waals surface area contributed by atoms with E-state index in [9.17, 15) is 13.6 Å². The Labute approximate surface area is 130 Å². The van der Waals surface area contributed by atoms with Crippen molar-refractivity contribution in [3.63, 3.8) is 0 Å². The zero-order valence-electron chi connectivity index (χ0n) is 11.7. The Bertz CT molecular complexity index is 506. The van der Waals surface area contributed by atoms with Gasteiger partial charge < -0.3 is 14.5 Å². The van der Waals surface area contributed by atoms with Crippen molar-refractivity contribution in [1.82, 2.24) is 9.80 Å². The van der Waals surface area contributed by atoms with E-state index in [0.717, 1.165) is 19.6 Å². The molecular formula is C14H17BrF2N2O2. The van der Waals surface area contributed by atoms with Gasteiger partial charge in [-0.2, -0.15) is 8.78 Å². The Morgan fingerprint density at radius 2 is 2.00 bits per heavy atom. The minimum absolute atomic E-state index is 0.0951. The molecule has 0 bridgehead atoms. The van der Waals surface area contributed by atoms with Crippen LogP contribution >= 0.6 is 15.9 Å². The fourth-order valence-electron chi connectivity index (χ4n) is 2.30. The second-order valence-corrected chi connectivity index (χ2v) is 5.66. The van der Waals surface area contributed by atoms with E-state index < -0.39 is 6.61 Å². The van der Waals surface area contributed by atoms with Gasteiger partial charge >= 0.3 is 6.61 Å². The molecule has 1 aliphatic rings. The minimum Gasteiger partial charge on any atom is -0.434 e. The fourth-order valence-corrected chi connectivity index (χ4v) is 2.64. The van der Waals surface area contributed by atoms with Gasteiger partial charge in [0.15, 0.2) is 0 Å². The van der Waals surface area contributed by atoms with Crippen LogP contribution in [0.5, 0.6) is 5.75 Å². The quantitative estimate of drug-likeness (QED) is 0.825. The number of ether oxygens (including phenoxy) is 1. The maximum absolute atomic E-state index is 12.5. The van der Waals surface area contributed by atoms with Gasteiger partial charge in [0.25, 0.3) is 5.91 Å². The molecule has 0 N–H and O–H groups in total. The number of piperazine rings is 1. The van der Waals surface area contributed by atoms with Gasteiger partial charge in [-0.3, -0.25) is 4.79 Å². The summed E-state index contributed by atoms with van der Waals surface area (Å²) in [5, 5.41) is 0. The maximum atomic E-state index is 12.5. The summed E-state index contributed by atoms with van der Waals surface area (Å²) in [6.07, 6.45) is 0. The van der Waals surface area contributed by atoms with Gasteiger partial charge in [-0.05, 0) is 24.7 Å². The molecule has 1 aromatic carbocycles. The molecule has 7 heteroatoms. The molecule has 0 unspecified atom stereocenters. The summed E-state index contributed by atoms with van der Waals surface area (Å²) < 4.78 is 30.0. The first-order chi connectivity index (χ1) is 10.0. The van der Waals surface area contributed by atoms with Gasteiger partial charge in [0.05, 0.1) is 5.56 Å². The molecule has 0 aliphatic carbocycles. The topological polar surface area (TPSA) is 32.8 Å². The number of amides is 1. The number of rotatable bonds is 4. The van der Waals surface area contributed by atoms with E-state index in [2.05, 4.69) is 32.5 Å². The van der Waals surface area contributed by atoms with Crippen LogP contribution in [0.3, 0.4) is 0 Å². The molecule has 0 spiro atoms. The lowest BCUT2D eigenvalue weighted by Crippen LogP contribution is -2.48. The first kappa shape index (κ1) is 16.2. The number of nitrogens with zero attached hydrogens (tertiary/aromatic N) is 2. The summed E-state index contributed by atoms with van der Waals surface area (Å²) in [6, 6.07) is 4.55. The highest BCUT2D eigenvalue weighted by atomic mass is 79.9. The summed E-state index contributed by atoms with van der Waals surface area (Å²) in [5.74, 6) is -0.365. The first-order valence-corrected chi connectivity index (χ1v) is 7.56. The summed E-state index contributed by atoms with van der Waals surface area (Å²) in [7, 11) is 0. The molecule has 0 aromatic heterocycles. The summed E-state index contributed by atoms with van der Waals surface area (Å²) >= 11 is 3.19. The number of carbonyl (C=O) groups excluding carboxylic acids is 1. The molecule has 1 aromatic rings. The molecule has 4 nitrogen and oxygen atoms in total. The highest BCUT2D eigenvalue weighted by Gasteiger charge is 2.24. The lowest BCUT2D eigenvalue weighted by molar-refractivity contribution is -0.0503. The highest BCUT2D eigenvalue weighted by molar-refractivity contribution is 9.10. The average molecular weight is 363 g/mol. The van der Waals surface area contributed by atoms with Gasteiger partial charge in [-0.1, -0.05) is 22.9 Å². The van der Waals surface area contributed by atoms with Crippen LogP contribution in [0, 0.1) is 0 Å². The molecule has 1 aliphatic heterocycles. The zero-order valence-corrected chi connectivity index (χ0v) is 13.3. The molecular weight excluding hydrogens is 346 g/mol. The predicted molar refractivity (Wildman–Crippen MR) is 78.8 cm³/mol. The molecule has 0 radical (unpaired) electrons. The van der Waals surface area contributed by atoms with Gasteiger partial charge in [-0.15, -0.1) is 0 Å². The van der Waals surface area contributed by atoms with Crippen LogP contribution in [-0.2, 0) is 0 Å². The van der Waals surface area contributed by atoms with Crippen LogP contribution in [0.15, 0.2) is 22.7 Å².